The predicted octanol–water partition coefficient (Wildman–Crippen LogP) is 2.02. The zero-order chi connectivity index (χ0) is 12.1. The fraction of sp³-hybridized carbons (Fsp3) is 0.333. The average Bonchev–Trinajstić information content (AvgIpc) is 2.71. The van der Waals surface area contributed by atoms with E-state index in [4.69, 9.17) is 11.6 Å². The van der Waals surface area contributed by atoms with Gasteiger partial charge in [-0.25, -0.2) is 0 Å². The monoisotopic (exact) mass is 325 g/mol. The Bertz CT molecular complexity index is 396. The first-order valence-electron chi connectivity index (χ1n) is 4.30. The molecule has 0 fully saturated rings. The lowest BCUT2D eigenvalue weighted by Gasteiger charge is -2.07. The number of alkyl halides is 1. The van der Waals surface area contributed by atoms with Crippen LogP contribution in [0, 0.1) is 0 Å². The molecule has 1 aromatic rings. The fourth-order valence-electron chi connectivity index (χ4n) is 0.917. The number of rotatable bonds is 4. The molecule has 1 heterocycles. The summed E-state index contributed by atoms with van der Waals surface area (Å²) in [6, 6.07) is 3.46. The third kappa shape index (κ3) is 3.77. The number of hydrogen-bond donors (Lipinski definition) is 1. The SMILES string of the molecule is COC(=O)C(Cl)CNC(=O)c1ccc(Br)s1. The van der Waals surface area contributed by atoms with Crippen LogP contribution in [-0.4, -0.2) is 30.9 Å². The second kappa shape index (κ2) is 6.22. The zero-order valence-corrected chi connectivity index (χ0v) is 11.5. The molecule has 0 aliphatic carbocycles. The standard InChI is InChI=1S/C9H9BrClNO3S/c1-15-9(14)5(11)4-12-8(13)6-2-3-7(10)16-6/h2-3,5H,4H2,1H3,(H,12,13). The Morgan fingerprint density at radius 1 is 1.62 bits per heavy atom. The number of carbonyl (C=O) groups is 2. The highest BCUT2D eigenvalue weighted by Crippen LogP contribution is 2.21. The molecule has 0 aliphatic rings. The van der Waals surface area contributed by atoms with Crippen LogP contribution in [0.1, 0.15) is 9.67 Å². The first-order valence-corrected chi connectivity index (χ1v) is 6.34. The van der Waals surface area contributed by atoms with Crippen molar-refractivity contribution in [3.8, 4) is 0 Å². The molecule has 16 heavy (non-hydrogen) atoms. The van der Waals surface area contributed by atoms with E-state index < -0.39 is 11.3 Å². The van der Waals surface area contributed by atoms with E-state index in [1.165, 1.54) is 18.4 Å². The highest BCUT2D eigenvalue weighted by atomic mass is 79.9. The van der Waals surface area contributed by atoms with Crippen molar-refractivity contribution >= 4 is 50.7 Å². The molecular formula is C9H9BrClNO3S. The van der Waals surface area contributed by atoms with E-state index in [1.807, 2.05) is 0 Å². The number of carbonyl (C=O) groups excluding carboxylic acids is 2. The largest absolute Gasteiger partial charge is 0.468 e. The van der Waals surface area contributed by atoms with Gasteiger partial charge in [-0.15, -0.1) is 22.9 Å². The molecule has 4 nitrogen and oxygen atoms in total. The van der Waals surface area contributed by atoms with E-state index >= 15 is 0 Å². The third-order valence-electron chi connectivity index (χ3n) is 1.70. The van der Waals surface area contributed by atoms with Crippen LogP contribution in [0.3, 0.4) is 0 Å². The van der Waals surface area contributed by atoms with Crippen molar-refractivity contribution in [3.05, 3.63) is 20.8 Å². The van der Waals surface area contributed by atoms with Gasteiger partial charge in [0.2, 0.25) is 0 Å². The van der Waals surface area contributed by atoms with Gasteiger partial charge in [0.1, 0.15) is 5.38 Å². The third-order valence-corrected chi connectivity index (χ3v) is 3.65. The lowest BCUT2D eigenvalue weighted by atomic mass is 10.4. The quantitative estimate of drug-likeness (QED) is 0.680. The summed E-state index contributed by atoms with van der Waals surface area (Å²) in [6.45, 7) is 0.0442. The van der Waals surface area contributed by atoms with Gasteiger partial charge in [-0.1, -0.05) is 0 Å². The molecule has 7 heteroatoms. The second-order valence-electron chi connectivity index (χ2n) is 2.80. The maximum atomic E-state index is 11.5. The Morgan fingerprint density at radius 3 is 2.81 bits per heavy atom. The van der Waals surface area contributed by atoms with Gasteiger partial charge in [-0.05, 0) is 28.1 Å². The average molecular weight is 327 g/mol. The van der Waals surface area contributed by atoms with Crippen LogP contribution in [-0.2, 0) is 9.53 Å². The molecule has 0 aromatic carbocycles. The van der Waals surface area contributed by atoms with Crippen molar-refractivity contribution in [1.82, 2.24) is 5.32 Å². The lowest BCUT2D eigenvalue weighted by molar-refractivity contribution is -0.140. The number of halogens is 2. The molecule has 1 amide bonds. The number of amides is 1. The van der Waals surface area contributed by atoms with E-state index in [2.05, 4.69) is 26.0 Å². The maximum Gasteiger partial charge on any atom is 0.325 e. The number of ether oxygens (including phenoxy) is 1. The molecule has 1 unspecified atom stereocenters. The van der Waals surface area contributed by atoms with Gasteiger partial charge >= 0.3 is 5.97 Å². The number of hydrogen-bond acceptors (Lipinski definition) is 4. The Kier molecular flexibility index (Phi) is 5.24. The van der Waals surface area contributed by atoms with E-state index in [-0.39, 0.29) is 12.5 Å². The minimum atomic E-state index is -0.864. The fourth-order valence-corrected chi connectivity index (χ4v) is 2.39. The summed E-state index contributed by atoms with van der Waals surface area (Å²) >= 11 is 10.2. The maximum absolute atomic E-state index is 11.5. The second-order valence-corrected chi connectivity index (χ2v) is 5.79. The van der Waals surface area contributed by atoms with Crippen molar-refractivity contribution in [3.63, 3.8) is 0 Å². The summed E-state index contributed by atoms with van der Waals surface area (Å²) in [5.74, 6) is -0.820. The molecule has 1 N–H and O–H groups in total. The van der Waals surface area contributed by atoms with E-state index in [1.54, 1.807) is 12.1 Å². The molecule has 88 valence electrons. The summed E-state index contributed by atoms with van der Waals surface area (Å²) in [4.78, 5) is 23.1. The summed E-state index contributed by atoms with van der Waals surface area (Å²) in [5, 5.41) is 1.68. The van der Waals surface area contributed by atoms with Crippen molar-refractivity contribution in [2.24, 2.45) is 0 Å². The van der Waals surface area contributed by atoms with Gasteiger partial charge in [0.25, 0.3) is 5.91 Å². The lowest BCUT2D eigenvalue weighted by Crippen LogP contribution is -2.33. The number of thiophene rings is 1. The van der Waals surface area contributed by atoms with Crippen molar-refractivity contribution in [2.75, 3.05) is 13.7 Å². The number of methoxy groups -OCH3 is 1. The van der Waals surface area contributed by atoms with Gasteiger partial charge in [0, 0.05) is 6.54 Å². The molecule has 0 radical (unpaired) electrons. The molecule has 0 saturated heterocycles. The molecule has 0 bridgehead atoms. The molecular weight excluding hydrogens is 318 g/mol. The smallest absolute Gasteiger partial charge is 0.325 e. The van der Waals surface area contributed by atoms with Crippen LogP contribution in [0.2, 0.25) is 0 Å². The molecule has 0 spiro atoms. The molecule has 1 rings (SSSR count). The topological polar surface area (TPSA) is 55.4 Å². The van der Waals surface area contributed by atoms with Gasteiger partial charge in [0.05, 0.1) is 15.8 Å². The van der Waals surface area contributed by atoms with Gasteiger partial charge in [-0.3, -0.25) is 9.59 Å². The molecule has 0 saturated carbocycles. The highest BCUT2D eigenvalue weighted by molar-refractivity contribution is 9.11. The van der Waals surface area contributed by atoms with Crippen molar-refractivity contribution in [2.45, 2.75) is 5.38 Å². The highest BCUT2D eigenvalue weighted by Gasteiger charge is 2.17. The predicted molar refractivity (Wildman–Crippen MR) is 66.0 cm³/mol. The molecule has 0 aliphatic heterocycles. The van der Waals surface area contributed by atoms with Gasteiger partial charge < -0.3 is 10.1 Å². The van der Waals surface area contributed by atoms with E-state index in [0.29, 0.717) is 4.88 Å². The summed E-state index contributed by atoms with van der Waals surface area (Å²) in [5.41, 5.74) is 0. The summed E-state index contributed by atoms with van der Waals surface area (Å²) in [7, 11) is 1.25. The molecule has 1 atom stereocenters. The zero-order valence-electron chi connectivity index (χ0n) is 8.33. The normalized spacial score (nSPS) is 11.9. The Labute approximate surface area is 110 Å². The van der Waals surface area contributed by atoms with Crippen LogP contribution in [0.15, 0.2) is 15.9 Å². The van der Waals surface area contributed by atoms with Crippen LogP contribution >= 0.6 is 38.9 Å². The van der Waals surface area contributed by atoms with Crippen LogP contribution in [0.25, 0.3) is 0 Å². The van der Waals surface area contributed by atoms with E-state index in [9.17, 15) is 9.59 Å². The molecule has 1 aromatic heterocycles. The van der Waals surface area contributed by atoms with E-state index in [0.717, 1.165) is 3.79 Å². The Balaban J connectivity index is 2.44. The Hall–Kier alpha value is -0.590. The Morgan fingerprint density at radius 2 is 2.31 bits per heavy atom. The summed E-state index contributed by atoms with van der Waals surface area (Å²) < 4.78 is 5.30. The minimum absolute atomic E-state index is 0.0442. The van der Waals surface area contributed by atoms with Crippen LogP contribution in [0.4, 0.5) is 0 Å². The first-order chi connectivity index (χ1) is 7.54. The number of nitrogens with one attached hydrogen (secondary N) is 1. The van der Waals surface area contributed by atoms with Crippen LogP contribution in [0.5, 0.6) is 0 Å². The van der Waals surface area contributed by atoms with Crippen molar-refractivity contribution < 1.29 is 14.3 Å². The van der Waals surface area contributed by atoms with Crippen LogP contribution < -0.4 is 5.32 Å². The number of esters is 1. The van der Waals surface area contributed by atoms with Crippen molar-refractivity contribution in [1.29, 1.82) is 0 Å². The van der Waals surface area contributed by atoms with Gasteiger partial charge in [-0.2, -0.15) is 0 Å². The minimum Gasteiger partial charge on any atom is -0.468 e. The first kappa shape index (κ1) is 13.5. The van der Waals surface area contributed by atoms with Gasteiger partial charge in [0.15, 0.2) is 0 Å². The summed E-state index contributed by atoms with van der Waals surface area (Å²) in [6.07, 6.45) is 0.